The fraction of sp³-hybridized carbons (Fsp3) is 0.714. The standard InChI is InChI=1S/C63H104O12/c1-4-7-10-13-16-19-21-23-25-27-28-30-31-33-35-38-40-43-46-49-55(64)71-52-54(73-56(65)50-47-44-41-37-18-15-12-9-6-3)53-72-63-61(59(68)58(67)60(75-63)62(69)70)74-57(66)51-48-45-42-39-36-34-32-29-26-24-22-20-17-14-11-8-5-2/h7-8,10-11,16-17,19-20,23-26,28,30,54,58-61,63,67-68H,4-6,9,12-15,18,21-22,27,29,31-53H2,1-3H3,(H,69,70)/b10-7-,11-8-,19-16-,20-17-,25-23-,26-24-,30-28-. The Labute approximate surface area is 454 Å². The van der Waals surface area contributed by atoms with E-state index in [2.05, 4.69) is 106 Å². The first kappa shape index (κ1) is 68.9. The lowest BCUT2D eigenvalue weighted by Gasteiger charge is -2.40. The van der Waals surface area contributed by atoms with Gasteiger partial charge in [-0.3, -0.25) is 14.4 Å². The van der Waals surface area contributed by atoms with Gasteiger partial charge in [0, 0.05) is 19.3 Å². The summed E-state index contributed by atoms with van der Waals surface area (Å²) in [4.78, 5) is 51.0. The van der Waals surface area contributed by atoms with Crippen LogP contribution < -0.4 is 0 Å². The largest absolute Gasteiger partial charge is 0.479 e. The Bertz CT molecular complexity index is 1630. The highest BCUT2D eigenvalue weighted by molar-refractivity contribution is 5.74. The maximum Gasteiger partial charge on any atom is 0.335 e. The van der Waals surface area contributed by atoms with Crippen LogP contribution in [-0.2, 0) is 42.9 Å². The lowest BCUT2D eigenvalue weighted by atomic mass is 9.98. The number of aliphatic hydroxyl groups excluding tert-OH is 2. The van der Waals surface area contributed by atoms with Crippen molar-refractivity contribution in [3.8, 4) is 0 Å². The van der Waals surface area contributed by atoms with Gasteiger partial charge in [0.05, 0.1) is 6.61 Å². The van der Waals surface area contributed by atoms with E-state index >= 15 is 0 Å². The third-order valence-electron chi connectivity index (χ3n) is 13.0. The van der Waals surface area contributed by atoms with Crippen LogP contribution >= 0.6 is 0 Å². The number of aliphatic hydroxyl groups is 2. The zero-order valence-corrected chi connectivity index (χ0v) is 47.0. The average Bonchev–Trinajstić information content (AvgIpc) is 3.39. The minimum Gasteiger partial charge on any atom is -0.479 e. The van der Waals surface area contributed by atoms with Gasteiger partial charge in [0.2, 0.25) is 0 Å². The molecular formula is C63H104O12. The summed E-state index contributed by atoms with van der Waals surface area (Å²) in [6.45, 7) is 5.73. The average molecular weight is 1050 g/mol. The van der Waals surface area contributed by atoms with Crippen molar-refractivity contribution in [2.45, 2.75) is 276 Å². The van der Waals surface area contributed by atoms with Crippen molar-refractivity contribution in [2.75, 3.05) is 13.2 Å². The topological polar surface area (TPSA) is 175 Å². The number of allylic oxidation sites excluding steroid dienone is 14. The molecule has 0 bridgehead atoms. The summed E-state index contributed by atoms with van der Waals surface area (Å²) in [6.07, 6.45) is 52.7. The van der Waals surface area contributed by atoms with E-state index in [1.54, 1.807) is 0 Å². The van der Waals surface area contributed by atoms with E-state index in [1.807, 2.05) is 0 Å². The monoisotopic (exact) mass is 1050 g/mol. The fourth-order valence-electron chi connectivity index (χ4n) is 8.49. The van der Waals surface area contributed by atoms with Crippen LogP contribution in [-0.4, -0.2) is 89.2 Å². The number of esters is 3. The number of carbonyl (C=O) groups is 4. The second kappa shape index (κ2) is 50.7. The van der Waals surface area contributed by atoms with Crippen LogP contribution in [0.25, 0.3) is 0 Å². The maximum atomic E-state index is 13.1. The Morgan fingerprint density at radius 3 is 1.28 bits per heavy atom. The van der Waals surface area contributed by atoms with E-state index in [0.717, 1.165) is 148 Å². The molecule has 1 aliphatic heterocycles. The second-order valence-electron chi connectivity index (χ2n) is 19.9. The zero-order valence-electron chi connectivity index (χ0n) is 47.0. The third-order valence-corrected chi connectivity index (χ3v) is 13.0. The lowest BCUT2D eigenvalue weighted by molar-refractivity contribution is -0.301. The van der Waals surface area contributed by atoms with Crippen LogP contribution in [0.3, 0.4) is 0 Å². The normalized spacial score (nSPS) is 18.8. The first-order valence-corrected chi connectivity index (χ1v) is 29.6. The van der Waals surface area contributed by atoms with Gasteiger partial charge >= 0.3 is 23.9 Å². The Balaban J connectivity index is 2.64. The van der Waals surface area contributed by atoms with Crippen molar-refractivity contribution in [1.29, 1.82) is 0 Å². The van der Waals surface area contributed by atoms with Gasteiger partial charge in [-0.15, -0.1) is 0 Å². The van der Waals surface area contributed by atoms with Crippen LogP contribution in [0.15, 0.2) is 85.1 Å². The number of carbonyl (C=O) groups excluding carboxylic acids is 3. The van der Waals surface area contributed by atoms with Crippen molar-refractivity contribution in [3.63, 3.8) is 0 Å². The van der Waals surface area contributed by atoms with E-state index in [4.69, 9.17) is 23.7 Å². The predicted octanol–water partition coefficient (Wildman–Crippen LogP) is 15.1. The molecule has 12 heteroatoms. The van der Waals surface area contributed by atoms with Gasteiger partial charge in [-0.1, -0.05) is 215 Å². The molecule has 0 aromatic rings. The molecule has 1 rings (SSSR count). The molecule has 6 unspecified atom stereocenters. The summed E-state index contributed by atoms with van der Waals surface area (Å²) in [7, 11) is 0. The first-order chi connectivity index (χ1) is 36.6. The van der Waals surface area contributed by atoms with Crippen LogP contribution in [0.5, 0.6) is 0 Å². The van der Waals surface area contributed by atoms with Crippen LogP contribution in [0.4, 0.5) is 0 Å². The Morgan fingerprint density at radius 2 is 0.840 bits per heavy atom. The summed E-state index contributed by atoms with van der Waals surface area (Å²) in [6, 6.07) is 0. The second-order valence-corrected chi connectivity index (χ2v) is 19.9. The van der Waals surface area contributed by atoms with Gasteiger partial charge < -0.3 is 39.0 Å². The number of hydrogen-bond donors (Lipinski definition) is 3. The summed E-state index contributed by atoms with van der Waals surface area (Å²) < 4.78 is 28.4. The third kappa shape index (κ3) is 40.8. The summed E-state index contributed by atoms with van der Waals surface area (Å²) in [5.74, 6) is -3.15. The summed E-state index contributed by atoms with van der Waals surface area (Å²) in [5.41, 5.74) is 0. The van der Waals surface area contributed by atoms with Crippen molar-refractivity contribution in [2.24, 2.45) is 0 Å². The van der Waals surface area contributed by atoms with Crippen molar-refractivity contribution in [1.82, 2.24) is 0 Å². The van der Waals surface area contributed by atoms with Crippen LogP contribution in [0.1, 0.15) is 239 Å². The highest BCUT2D eigenvalue weighted by Gasteiger charge is 2.50. The molecule has 0 aromatic heterocycles. The van der Waals surface area contributed by atoms with E-state index in [0.29, 0.717) is 19.3 Å². The zero-order chi connectivity index (χ0) is 54.7. The van der Waals surface area contributed by atoms with E-state index < -0.39 is 67.3 Å². The minimum atomic E-state index is -1.91. The number of aliphatic carboxylic acids is 1. The smallest absolute Gasteiger partial charge is 0.335 e. The molecule has 0 aliphatic carbocycles. The van der Waals surface area contributed by atoms with Gasteiger partial charge in [0.1, 0.15) is 18.8 Å². The highest BCUT2D eigenvalue weighted by atomic mass is 16.7. The number of carboxylic acid groups (broad SMARTS) is 1. The number of ether oxygens (including phenoxy) is 5. The molecule has 1 saturated heterocycles. The maximum absolute atomic E-state index is 13.1. The number of carboxylic acids is 1. The molecule has 0 aromatic carbocycles. The lowest BCUT2D eigenvalue weighted by Crippen LogP contribution is -2.61. The van der Waals surface area contributed by atoms with Gasteiger partial charge in [-0.05, 0) is 89.9 Å². The summed E-state index contributed by atoms with van der Waals surface area (Å²) >= 11 is 0. The molecule has 0 saturated carbocycles. The molecule has 75 heavy (non-hydrogen) atoms. The van der Waals surface area contributed by atoms with Crippen molar-refractivity contribution < 1.29 is 58.2 Å². The number of rotatable bonds is 49. The minimum absolute atomic E-state index is 0.0459. The van der Waals surface area contributed by atoms with Crippen LogP contribution in [0, 0.1) is 0 Å². The van der Waals surface area contributed by atoms with Crippen molar-refractivity contribution >= 4 is 23.9 Å². The molecule has 0 amide bonds. The van der Waals surface area contributed by atoms with Gasteiger partial charge in [-0.2, -0.15) is 0 Å². The van der Waals surface area contributed by atoms with Crippen LogP contribution in [0.2, 0.25) is 0 Å². The Hall–Kier alpha value is -4.10. The predicted molar refractivity (Wildman–Crippen MR) is 303 cm³/mol. The number of hydrogen-bond acceptors (Lipinski definition) is 11. The molecule has 6 atom stereocenters. The molecule has 1 fully saturated rings. The fourth-order valence-corrected chi connectivity index (χ4v) is 8.49. The molecular weight excluding hydrogens is 949 g/mol. The quantitative estimate of drug-likeness (QED) is 0.0228. The molecule has 0 radical (unpaired) electrons. The molecule has 1 aliphatic rings. The van der Waals surface area contributed by atoms with E-state index in [9.17, 15) is 34.5 Å². The highest BCUT2D eigenvalue weighted by Crippen LogP contribution is 2.26. The van der Waals surface area contributed by atoms with Gasteiger partial charge in [0.15, 0.2) is 24.6 Å². The Morgan fingerprint density at radius 1 is 0.453 bits per heavy atom. The van der Waals surface area contributed by atoms with E-state index in [1.165, 1.54) is 32.1 Å². The van der Waals surface area contributed by atoms with Gasteiger partial charge in [-0.25, -0.2) is 4.79 Å². The Kier molecular flexibility index (Phi) is 46.6. The SMILES string of the molecule is CC/C=C\C/C=C\C/C=C\C/C=C\CCCCCCCCC(=O)OCC(COC1OC(C(=O)O)C(O)C(O)C1OC(=O)CCCCCCCCC/C=C\C/C=C\C/C=C\CC)OC(=O)CCCCCCCCCCC. The molecule has 428 valence electrons. The molecule has 1 heterocycles. The number of unbranched alkanes of at least 4 members (excludes halogenated alkanes) is 21. The molecule has 3 N–H and O–H groups in total. The summed E-state index contributed by atoms with van der Waals surface area (Å²) in [5, 5.41) is 31.5. The van der Waals surface area contributed by atoms with E-state index in [-0.39, 0.29) is 25.9 Å². The molecule has 0 spiro atoms. The molecule has 12 nitrogen and oxygen atoms in total. The first-order valence-electron chi connectivity index (χ1n) is 29.6. The van der Waals surface area contributed by atoms with Crippen molar-refractivity contribution in [3.05, 3.63) is 85.1 Å². The van der Waals surface area contributed by atoms with Gasteiger partial charge in [0.25, 0.3) is 0 Å².